The van der Waals surface area contributed by atoms with E-state index in [0.717, 1.165) is 17.6 Å². The topological polar surface area (TPSA) is 43.4 Å². The van der Waals surface area contributed by atoms with Crippen LogP contribution in [0.25, 0.3) is 10.9 Å². The number of anilines is 1. The molecule has 0 unspecified atom stereocenters. The lowest BCUT2D eigenvalue weighted by atomic mass is 9.86. The molecule has 0 aliphatic carbocycles. The van der Waals surface area contributed by atoms with E-state index in [-0.39, 0.29) is 6.10 Å². The molecule has 1 aliphatic heterocycles. The van der Waals surface area contributed by atoms with Gasteiger partial charge < -0.3 is 14.2 Å². The third-order valence-electron chi connectivity index (χ3n) is 12.8. The molecule has 0 saturated carbocycles. The highest BCUT2D eigenvalue weighted by molar-refractivity contribution is 6.78. The molecule has 286 valence electrons. The molecule has 7 heteroatoms. The first-order valence-electron chi connectivity index (χ1n) is 20.5. The van der Waals surface area contributed by atoms with Crippen LogP contribution >= 0.6 is 0 Å². The standard InChI is InChI=1S/C24H45NOSi2.C20H31NOSi/c1-10-27(11-2)23-16-25-22-15-13-12-14-21(22)24(23)20(9)26-28(17(3)4,18(5)6)19(7)8;1-14(2)23(15(3)4,16(5)6)22-17(7)18-12-13-21-20-11-9-8-10-19(18)20/h12-15,17-20,23-25,27H,10-11,16H2,1-9H3;8-17H,1-7H3/t20-,23+,24+;17-/m00/s1. The third kappa shape index (κ3) is 9.30. The quantitative estimate of drug-likeness (QED) is 0.157. The van der Waals surface area contributed by atoms with Gasteiger partial charge in [-0.25, -0.2) is 0 Å². The summed E-state index contributed by atoms with van der Waals surface area (Å²) in [5.74, 6) is 0.539. The Hall–Kier alpha value is -1.78. The van der Waals surface area contributed by atoms with Crippen molar-refractivity contribution in [2.24, 2.45) is 0 Å². The molecule has 0 amide bonds. The van der Waals surface area contributed by atoms with Crippen LogP contribution in [0.1, 0.15) is 134 Å². The first-order valence-corrected chi connectivity index (χ1v) is 27.1. The molecule has 4 atom stereocenters. The number of para-hydroxylation sites is 2. The predicted octanol–water partition coefficient (Wildman–Crippen LogP) is 13.9. The smallest absolute Gasteiger partial charge is 0.201 e. The lowest BCUT2D eigenvalue weighted by Gasteiger charge is -2.48. The summed E-state index contributed by atoms with van der Waals surface area (Å²) in [6, 6.07) is 22.2. The van der Waals surface area contributed by atoms with Gasteiger partial charge in [0.1, 0.15) is 0 Å². The Morgan fingerprint density at radius 1 is 0.667 bits per heavy atom. The Labute approximate surface area is 318 Å². The van der Waals surface area contributed by atoms with Crippen LogP contribution in [0, 0.1) is 0 Å². The lowest BCUT2D eigenvalue weighted by Crippen LogP contribution is -2.52. The summed E-state index contributed by atoms with van der Waals surface area (Å²) in [6.45, 7) is 39.0. The number of rotatable bonds is 15. The Bertz CT molecular complexity index is 1440. The van der Waals surface area contributed by atoms with Crippen molar-refractivity contribution < 1.29 is 8.85 Å². The van der Waals surface area contributed by atoms with Gasteiger partial charge in [0.05, 0.1) is 11.6 Å². The number of hydrogen-bond donors (Lipinski definition) is 1. The molecular formula is C44H76N2O2Si3. The molecule has 0 bridgehead atoms. The molecule has 4 rings (SSSR count). The van der Waals surface area contributed by atoms with Crippen LogP contribution in [0.3, 0.4) is 0 Å². The first-order chi connectivity index (χ1) is 24.0. The van der Waals surface area contributed by atoms with Gasteiger partial charge in [0.15, 0.2) is 0 Å². The number of benzene rings is 2. The molecule has 0 spiro atoms. The molecule has 0 saturated heterocycles. The van der Waals surface area contributed by atoms with Crippen molar-refractivity contribution in [2.45, 2.75) is 180 Å². The average molecular weight is 749 g/mol. The highest BCUT2D eigenvalue weighted by Crippen LogP contribution is 2.49. The Balaban J connectivity index is 0.000000281. The highest BCUT2D eigenvalue weighted by atomic mass is 28.4. The highest BCUT2D eigenvalue weighted by Gasteiger charge is 2.49. The molecule has 2 heterocycles. The molecule has 1 N–H and O–H groups in total. The molecule has 0 radical (unpaired) electrons. The van der Waals surface area contributed by atoms with Crippen LogP contribution < -0.4 is 5.32 Å². The van der Waals surface area contributed by atoms with Gasteiger partial charge in [-0.15, -0.1) is 0 Å². The van der Waals surface area contributed by atoms with Crippen LogP contribution in [-0.2, 0) is 8.85 Å². The lowest BCUT2D eigenvalue weighted by molar-refractivity contribution is 0.157. The molecule has 1 aromatic heterocycles. The number of pyridine rings is 1. The van der Waals surface area contributed by atoms with Crippen molar-refractivity contribution in [3.8, 4) is 0 Å². The van der Waals surface area contributed by atoms with E-state index in [1.54, 1.807) is 0 Å². The van der Waals surface area contributed by atoms with Gasteiger partial charge >= 0.3 is 0 Å². The second kappa shape index (κ2) is 19.0. The Morgan fingerprint density at radius 2 is 1.16 bits per heavy atom. The van der Waals surface area contributed by atoms with Gasteiger partial charge in [0.25, 0.3) is 0 Å². The minimum atomic E-state index is -1.89. The summed E-state index contributed by atoms with van der Waals surface area (Å²) in [6.07, 6.45) is 2.29. The molecule has 0 fully saturated rings. The van der Waals surface area contributed by atoms with Crippen molar-refractivity contribution in [3.63, 3.8) is 0 Å². The number of fused-ring (bicyclic) bond motifs is 2. The predicted molar refractivity (Wildman–Crippen MR) is 233 cm³/mol. The summed E-state index contributed by atoms with van der Waals surface area (Å²) < 4.78 is 14.2. The Morgan fingerprint density at radius 3 is 1.69 bits per heavy atom. The molecular weight excluding hydrogens is 673 g/mol. The molecule has 2 aromatic carbocycles. The maximum absolute atomic E-state index is 7.32. The first kappa shape index (κ1) is 43.6. The Kier molecular flexibility index (Phi) is 16.3. The van der Waals surface area contributed by atoms with Crippen molar-refractivity contribution in [2.75, 3.05) is 11.9 Å². The monoisotopic (exact) mass is 749 g/mol. The van der Waals surface area contributed by atoms with Gasteiger partial charge in [-0.3, -0.25) is 4.98 Å². The number of nitrogens with zero attached hydrogens (tertiary/aromatic N) is 1. The molecule has 51 heavy (non-hydrogen) atoms. The number of aromatic nitrogens is 1. The van der Waals surface area contributed by atoms with Gasteiger partial charge in [0.2, 0.25) is 16.6 Å². The van der Waals surface area contributed by atoms with E-state index in [1.165, 1.54) is 34.3 Å². The minimum absolute atomic E-state index is 0.0989. The van der Waals surface area contributed by atoms with Crippen LogP contribution in [0.5, 0.6) is 0 Å². The summed E-state index contributed by atoms with van der Waals surface area (Å²) in [4.78, 5) is 4.48. The summed E-state index contributed by atoms with van der Waals surface area (Å²) in [5, 5.41) is 4.98. The summed E-state index contributed by atoms with van der Waals surface area (Å²) in [5.41, 5.74) is 9.62. The summed E-state index contributed by atoms with van der Waals surface area (Å²) in [7, 11) is -4.58. The fourth-order valence-electron chi connectivity index (χ4n) is 10.5. The van der Waals surface area contributed by atoms with E-state index >= 15 is 0 Å². The van der Waals surface area contributed by atoms with Gasteiger partial charge in [0, 0.05) is 44.6 Å². The average Bonchev–Trinajstić information content (AvgIpc) is 3.08. The van der Waals surface area contributed by atoms with Gasteiger partial charge in [-0.1, -0.05) is 145 Å². The minimum Gasteiger partial charge on any atom is -0.413 e. The van der Waals surface area contributed by atoms with Crippen molar-refractivity contribution in [1.29, 1.82) is 0 Å². The fraction of sp³-hybridized carbons (Fsp3) is 0.659. The van der Waals surface area contributed by atoms with Crippen molar-refractivity contribution in [1.82, 2.24) is 4.98 Å². The van der Waals surface area contributed by atoms with E-state index in [9.17, 15) is 0 Å². The van der Waals surface area contributed by atoms with E-state index in [2.05, 4.69) is 170 Å². The zero-order chi connectivity index (χ0) is 38.3. The maximum atomic E-state index is 7.32. The second-order valence-corrected chi connectivity index (χ2v) is 32.2. The molecule has 1 aliphatic rings. The zero-order valence-electron chi connectivity index (χ0n) is 35.5. The zero-order valence-corrected chi connectivity index (χ0v) is 38.7. The second-order valence-electron chi connectivity index (χ2n) is 17.4. The van der Waals surface area contributed by atoms with Gasteiger partial charge in [-0.05, 0) is 82.0 Å². The van der Waals surface area contributed by atoms with E-state index in [0.29, 0.717) is 45.3 Å². The normalized spacial score (nSPS) is 18.1. The molecule has 4 nitrogen and oxygen atoms in total. The van der Waals surface area contributed by atoms with Gasteiger partial charge in [-0.2, -0.15) is 0 Å². The summed E-state index contributed by atoms with van der Waals surface area (Å²) >= 11 is 0. The van der Waals surface area contributed by atoms with Crippen molar-refractivity contribution >= 4 is 42.0 Å². The van der Waals surface area contributed by atoms with Crippen LogP contribution in [0.4, 0.5) is 5.69 Å². The van der Waals surface area contributed by atoms with E-state index in [1.807, 2.05) is 12.3 Å². The van der Waals surface area contributed by atoms with Crippen LogP contribution in [0.2, 0.25) is 50.9 Å². The van der Waals surface area contributed by atoms with Crippen molar-refractivity contribution in [3.05, 3.63) is 71.9 Å². The SMILES string of the molecule is CC(C)[Si](O[C@@H](C)c1ccnc2ccccc12)(C(C)C)C(C)C.CC[SiH](CC)[C@@H]1CNc2ccccc2[C@H]1[C@H](C)O[Si](C(C)C)(C(C)C)C(C)C. The maximum Gasteiger partial charge on any atom is 0.201 e. The molecule has 3 aromatic rings. The third-order valence-corrected chi connectivity index (χ3v) is 29.1. The van der Waals surface area contributed by atoms with E-state index < -0.39 is 25.4 Å². The van der Waals surface area contributed by atoms with E-state index in [4.69, 9.17) is 8.85 Å². The largest absolute Gasteiger partial charge is 0.413 e. The fourth-order valence-corrected chi connectivity index (χ4v) is 25.1. The number of nitrogens with one attached hydrogen (secondary N) is 1. The number of hydrogen-bond acceptors (Lipinski definition) is 4. The van der Waals surface area contributed by atoms with Crippen LogP contribution in [0.15, 0.2) is 60.8 Å². The van der Waals surface area contributed by atoms with Crippen LogP contribution in [-0.4, -0.2) is 43.1 Å².